The van der Waals surface area contributed by atoms with Crippen molar-refractivity contribution in [2.45, 2.75) is 33.6 Å². The van der Waals surface area contributed by atoms with Gasteiger partial charge in [-0.1, -0.05) is 32.4 Å². The predicted octanol–water partition coefficient (Wildman–Crippen LogP) is 3.35. The first-order valence-corrected chi connectivity index (χ1v) is 8.38. The molecule has 132 valence electrons. The molecule has 25 heavy (non-hydrogen) atoms. The van der Waals surface area contributed by atoms with E-state index in [1.807, 2.05) is 6.07 Å². The van der Waals surface area contributed by atoms with Gasteiger partial charge in [-0.3, -0.25) is 10.1 Å². The minimum Gasteiger partial charge on any atom is -0.367 e. The van der Waals surface area contributed by atoms with Gasteiger partial charge < -0.3 is 4.90 Å². The van der Waals surface area contributed by atoms with Gasteiger partial charge in [-0.15, -0.1) is 10.2 Å². The largest absolute Gasteiger partial charge is 0.367 e. The summed E-state index contributed by atoms with van der Waals surface area (Å²) in [6.45, 7) is 8.30. The number of nitrogens with one attached hydrogen (secondary N) is 1. The van der Waals surface area contributed by atoms with Crippen molar-refractivity contribution in [3.8, 4) is 11.4 Å². The van der Waals surface area contributed by atoms with Gasteiger partial charge in [-0.2, -0.15) is 5.21 Å². The van der Waals surface area contributed by atoms with Crippen LogP contribution in [-0.4, -0.2) is 38.6 Å². The fraction of sp³-hybridized carbons (Fsp3) is 0.471. The smallest absolute Gasteiger partial charge is 0.272 e. The zero-order chi connectivity index (χ0) is 18.0. The molecule has 1 aromatic carbocycles. The number of nitro groups is 1. The van der Waals surface area contributed by atoms with Crippen molar-refractivity contribution in [1.82, 2.24) is 20.6 Å². The van der Waals surface area contributed by atoms with E-state index in [4.69, 9.17) is 0 Å². The summed E-state index contributed by atoms with van der Waals surface area (Å²) in [5.41, 5.74) is 3.07. The van der Waals surface area contributed by atoms with Crippen LogP contribution in [0.4, 0.5) is 11.4 Å². The Balaban J connectivity index is 1.91. The van der Waals surface area contributed by atoms with Crippen LogP contribution in [0.15, 0.2) is 29.8 Å². The van der Waals surface area contributed by atoms with Gasteiger partial charge in [-0.25, -0.2) is 0 Å². The number of tetrazole rings is 1. The summed E-state index contributed by atoms with van der Waals surface area (Å²) in [6, 6.07) is 4.95. The van der Waals surface area contributed by atoms with E-state index < -0.39 is 4.92 Å². The summed E-state index contributed by atoms with van der Waals surface area (Å²) >= 11 is 0. The molecule has 0 radical (unpaired) electrons. The van der Waals surface area contributed by atoms with Crippen LogP contribution in [0.25, 0.3) is 11.4 Å². The lowest BCUT2D eigenvalue weighted by atomic mass is 9.79. The van der Waals surface area contributed by atoms with Crippen molar-refractivity contribution in [2.24, 2.45) is 5.41 Å². The maximum atomic E-state index is 11.3. The van der Waals surface area contributed by atoms with Crippen molar-refractivity contribution in [1.29, 1.82) is 0 Å². The van der Waals surface area contributed by atoms with Gasteiger partial charge in [0.05, 0.1) is 4.92 Å². The molecule has 0 fully saturated rings. The van der Waals surface area contributed by atoms with E-state index in [0.717, 1.165) is 31.6 Å². The van der Waals surface area contributed by atoms with E-state index in [9.17, 15) is 10.1 Å². The number of benzene rings is 1. The van der Waals surface area contributed by atoms with Crippen LogP contribution in [-0.2, 0) is 0 Å². The van der Waals surface area contributed by atoms with Crippen LogP contribution < -0.4 is 4.90 Å². The van der Waals surface area contributed by atoms with Crippen LogP contribution in [0.1, 0.15) is 33.6 Å². The second-order valence-electron chi connectivity index (χ2n) is 6.89. The van der Waals surface area contributed by atoms with E-state index in [2.05, 4.69) is 52.4 Å². The molecular weight excluding hydrogens is 320 g/mol. The molecule has 0 bridgehead atoms. The molecule has 0 aliphatic carbocycles. The average molecular weight is 342 g/mol. The van der Waals surface area contributed by atoms with Crippen molar-refractivity contribution >= 4 is 11.4 Å². The fourth-order valence-electron chi connectivity index (χ4n) is 3.04. The number of non-ortho nitro benzene ring substituents is 1. The maximum Gasteiger partial charge on any atom is 0.272 e. The van der Waals surface area contributed by atoms with Crippen molar-refractivity contribution in [3.63, 3.8) is 0 Å². The normalized spacial score (nSPS) is 15.2. The van der Waals surface area contributed by atoms with Gasteiger partial charge in [-0.05, 0) is 29.5 Å². The van der Waals surface area contributed by atoms with E-state index in [1.165, 1.54) is 11.6 Å². The highest BCUT2D eigenvalue weighted by molar-refractivity contribution is 5.68. The third-order valence-electron chi connectivity index (χ3n) is 5.04. The predicted molar refractivity (Wildman–Crippen MR) is 95.3 cm³/mol. The highest BCUT2D eigenvalue weighted by Gasteiger charge is 2.25. The lowest BCUT2D eigenvalue weighted by Gasteiger charge is -2.35. The molecule has 2 aromatic rings. The van der Waals surface area contributed by atoms with Crippen LogP contribution in [0.3, 0.4) is 0 Å². The first-order valence-electron chi connectivity index (χ1n) is 8.38. The first kappa shape index (κ1) is 17.1. The first-order chi connectivity index (χ1) is 11.9. The van der Waals surface area contributed by atoms with Crippen LogP contribution in [0, 0.1) is 15.5 Å². The molecule has 1 N–H and O–H groups in total. The maximum absolute atomic E-state index is 11.3. The summed E-state index contributed by atoms with van der Waals surface area (Å²) in [4.78, 5) is 13.0. The number of nitro benzene ring substituents is 1. The van der Waals surface area contributed by atoms with Crippen LogP contribution in [0.5, 0.6) is 0 Å². The lowest BCUT2D eigenvalue weighted by molar-refractivity contribution is -0.384. The second-order valence-corrected chi connectivity index (χ2v) is 6.89. The molecule has 2 heterocycles. The third kappa shape index (κ3) is 3.52. The number of hydrogen-bond acceptors (Lipinski definition) is 6. The summed E-state index contributed by atoms with van der Waals surface area (Å²) in [5, 5.41) is 25.1. The van der Waals surface area contributed by atoms with Gasteiger partial charge >= 0.3 is 0 Å². The molecule has 1 aromatic heterocycles. The number of H-pyrrole nitrogens is 1. The number of anilines is 1. The second kappa shape index (κ2) is 6.62. The number of aromatic amines is 1. The Hall–Kier alpha value is -2.77. The minimum atomic E-state index is -0.390. The zero-order valence-corrected chi connectivity index (χ0v) is 14.7. The van der Waals surface area contributed by atoms with Gasteiger partial charge in [0.25, 0.3) is 5.69 Å². The van der Waals surface area contributed by atoms with E-state index in [1.54, 1.807) is 6.07 Å². The minimum absolute atomic E-state index is 0.0287. The van der Waals surface area contributed by atoms with Gasteiger partial charge in [0, 0.05) is 36.5 Å². The fourth-order valence-corrected chi connectivity index (χ4v) is 3.04. The number of rotatable bonds is 5. The number of hydrogen-bond donors (Lipinski definition) is 1. The quantitative estimate of drug-likeness (QED) is 0.508. The summed E-state index contributed by atoms with van der Waals surface area (Å²) in [5.74, 6) is 0.352. The van der Waals surface area contributed by atoms with Gasteiger partial charge in [0.15, 0.2) is 0 Å². The highest BCUT2D eigenvalue weighted by Crippen LogP contribution is 2.36. The average Bonchev–Trinajstić information content (AvgIpc) is 3.16. The van der Waals surface area contributed by atoms with Gasteiger partial charge in [0.2, 0.25) is 5.82 Å². The lowest BCUT2D eigenvalue weighted by Crippen LogP contribution is -2.31. The van der Waals surface area contributed by atoms with Crippen molar-refractivity contribution < 1.29 is 4.92 Å². The molecule has 8 heteroatoms. The van der Waals surface area contributed by atoms with Crippen LogP contribution >= 0.6 is 0 Å². The van der Waals surface area contributed by atoms with Crippen LogP contribution in [0.2, 0.25) is 0 Å². The zero-order valence-electron chi connectivity index (χ0n) is 14.7. The molecule has 0 atom stereocenters. The van der Waals surface area contributed by atoms with E-state index in [0.29, 0.717) is 11.4 Å². The summed E-state index contributed by atoms with van der Waals surface area (Å²) < 4.78 is 0. The van der Waals surface area contributed by atoms with Crippen molar-refractivity contribution in [2.75, 3.05) is 18.0 Å². The van der Waals surface area contributed by atoms with E-state index in [-0.39, 0.29) is 11.1 Å². The van der Waals surface area contributed by atoms with Gasteiger partial charge in [0.1, 0.15) is 0 Å². The molecule has 3 rings (SSSR count). The van der Waals surface area contributed by atoms with Crippen molar-refractivity contribution in [3.05, 3.63) is 40.0 Å². The Morgan fingerprint density at radius 1 is 1.36 bits per heavy atom. The molecule has 0 saturated heterocycles. The Morgan fingerprint density at radius 2 is 2.16 bits per heavy atom. The molecular formula is C17H22N6O2. The molecule has 0 unspecified atom stereocenters. The molecule has 0 spiro atoms. The SMILES string of the molecule is CCC(C)(C)C1=CCN(c2cc(-c3nn[nH]n3)cc([N+](=O)[O-])c2)CC1. The third-order valence-corrected chi connectivity index (χ3v) is 5.04. The van der Waals surface area contributed by atoms with E-state index >= 15 is 0 Å². The number of nitrogens with zero attached hydrogens (tertiary/aromatic N) is 5. The Labute approximate surface area is 146 Å². The molecule has 0 amide bonds. The Kier molecular flexibility index (Phi) is 4.52. The molecule has 1 aliphatic rings. The number of aromatic nitrogens is 4. The molecule has 0 saturated carbocycles. The Morgan fingerprint density at radius 3 is 2.72 bits per heavy atom. The molecule has 1 aliphatic heterocycles. The topological polar surface area (TPSA) is 101 Å². The highest BCUT2D eigenvalue weighted by atomic mass is 16.6. The summed E-state index contributed by atoms with van der Waals surface area (Å²) in [7, 11) is 0. The standard InChI is InChI=1S/C17H22N6O2/c1-4-17(2,3)13-5-7-22(8-6-13)14-9-12(16-18-20-21-19-16)10-15(11-14)23(24)25/h5,9-11H,4,6-8H2,1-3H3,(H,18,19,20,21). The molecule has 8 nitrogen and oxygen atoms in total. The monoisotopic (exact) mass is 342 g/mol. The Bertz CT molecular complexity index is 797. The summed E-state index contributed by atoms with van der Waals surface area (Å²) in [6.07, 6.45) is 4.30.